The van der Waals surface area contributed by atoms with Crippen molar-refractivity contribution >= 4 is 11.6 Å². The van der Waals surface area contributed by atoms with E-state index in [2.05, 4.69) is 12.1 Å². The van der Waals surface area contributed by atoms with E-state index in [1.165, 1.54) is 23.8 Å². The van der Waals surface area contributed by atoms with E-state index in [1.54, 1.807) is 18.9 Å². The molecule has 0 aliphatic rings. The zero-order valence-electron chi connectivity index (χ0n) is 15.2. The monoisotopic (exact) mass is 356 g/mol. The molecular formula is C20H24N2O4. The second-order valence-corrected chi connectivity index (χ2v) is 6.13. The number of nitrogens with zero attached hydrogens (tertiary/aromatic N) is 2. The van der Waals surface area contributed by atoms with E-state index in [-0.39, 0.29) is 11.6 Å². The van der Waals surface area contributed by atoms with Crippen LogP contribution in [0.15, 0.2) is 48.5 Å². The number of nitro groups is 1. The Morgan fingerprint density at radius 2 is 1.88 bits per heavy atom. The van der Waals surface area contributed by atoms with Crippen LogP contribution in [0.3, 0.4) is 0 Å². The molecule has 0 aromatic heterocycles. The molecule has 0 N–H and O–H groups in total. The van der Waals surface area contributed by atoms with Crippen LogP contribution in [0.2, 0.25) is 0 Å². The number of hydrogen-bond donors (Lipinski definition) is 0. The van der Waals surface area contributed by atoms with E-state index in [1.807, 2.05) is 18.2 Å². The molecule has 6 heteroatoms. The molecule has 138 valence electrons. The Kier molecular flexibility index (Phi) is 7.29. The van der Waals surface area contributed by atoms with Crippen molar-refractivity contribution in [3.63, 3.8) is 0 Å². The van der Waals surface area contributed by atoms with Gasteiger partial charge in [0.05, 0.1) is 11.5 Å². The Hall–Kier alpha value is -2.73. The quantitative estimate of drug-likeness (QED) is 0.508. The van der Waals surface area contributed by atoms with E-state index in [0.717, 1.165) is 12.8 Å². The first kappa shape index (κ1) is 19.6. The lowest BCUT2D eigenvalue weighted by Gasteiger charge is -2.23. The Bertz CT molecular complexity index is 747. The third-order valence-electron chi connectivity index (χ3n) is 4.24. The van der Waals surface area contributed by atoms with Gasteiger partial charge in [-0.15, -0.1) is 0 Å². The number of carbonyl (C=O) groups is 1. The summed E-state index contributed by atoms with van der Waals surface area (Å²) in [4.78, 5) is 25.1. The summed E-state index contributed by atoms with van der Waals surface area (Å²) in [6.45, 7) is 3.26. The van der Waals surface area contributed by atoms with Gasteiger partial charge in [-0.25, -0.2) is 0 Å². The Morgan fingerprint density at radius 1 is 1.15 bits per heavy atom. The second kappa shape index (κ2) is 9.68. The highest BCUT2D eigenvalue weighted by Crippen LogP contribution is 2.19. The second-order valence-electron chi connectivity index (χ2n) is 6.13. The predicted molar refractivity (Wildman–Crippen MR) is 100 cm³/mol. The van der Waals surface area contributed by atoms with E-state index >= 15 is 0 Å². The first-order valence-electron chi connectivity index (χ1n) is 8.60. The molecule has 2 rings (SSSR count). The van der Waals surface area contributed by atoms with Gasteiger partial charge in [0.25, 0.3) is 11.6 Å². The van der Waals surface area contributed by atoms with Gasteiger partial charge >= 0.3 is 0 Å². The van der Waals surface area contributed by atoms with Crippen molar-refractivity contribution < 1.29 is 14.5 Å². The third-order valence-corrected chi connectivity index (χ3v) is 4.24. The zero-order valence-corrected chi connectivity index (χ0v) is 15.2. The summed E-state index contributed by atoms with van der Waals surface area (Å²) in [6.07, 6.45) is 1.72. The van der Waals surface area contributed by atoms with Gasteiger partial charge in [-0.3, -0.25) is 14.9 Å². The average Bonchev–Trinajstić information content (AvgIpc) is 2.64. The number of rotatable bonds is 9. The summed E-state index contributed by atoms with van der Waals surface area (Å²) in [7, 11) is 1.60. The first-order valence-corrected chi connectivity index (χ1v) is 8.60. The van der Waals surface area contributed by atoms with Crippen LogP contribution in [0, 0.1) is 17.0 Å². The summed E-state index contributed by atoms with van der Waals surface area (Å²) in [5.41, 5.74) is 2.32. The Morgan fingerprint density at radius 3 is 2.50 bits per heavy atom. The number of carbonyl (C=O) groups excluding carboxylic acids is 1. The fraction of sp³-hybridized carbons (Fsp3) is 0.350. The number of nitro benzene ring substituents is 1. The highest BCUT2D eigenvalue weighted by molar-refractivity contribution is 5.96. The molecule has 0 atom stereocenters. The van der Waals surface area contributed by atoms with Crippen LogP contribution in [-0.2, 0) is 11.2 Å². The van der Waals surface area contributed by atoms with Crippen molar-refractivity contribution in [2.45, 2.75) is 19.8 Å². The summed E-state index contributed by atoms with van der Waals surface area (Å²) in [5, 5.41) is 10.9. The number of methoxy groups -OCH3 is 1. The molecule has 1 amide bonds. The average molecular weight is 356 g/mol. The normalized spacial score (nSPS) is 10.5. The molecule has 0 saturated carbocycles. The summed E-state index contributed by atoms with van der Waals surface area (Å²) in [5.74, 6) is -0.123. The fourth-order valence-electron chi connectivity index (χ4n) is 2.81. The van der Waals surface area contributed by atoms with E-state index in [0.29, 0.717) is 30.8 Å². The summed E-state index contributed by atoms with van der Waals surface area (Å²) < 4.78 is 5.12. The van der Waals surface area contributed by atoms with Gasteiger partial charge in [0.15, 0.2) is 0 Å². The van der Waals surface area contributed by atoms with Gasteiger partial charge in [-0.1, -0.05) is 30.3 Å². The largest absolute Gasteiger partial charge is 0.383 e. The van der Waals surface area contributed by atoms with Gasteiger partial charge in [0, 0.05) is 37.9 Å². The minimum absolute atomic E-state index is 0.00781. The molecule has 0 fully saturated rings. The maximum atomic E-state index is 12.9. The molecule has 0 heterocycles. The molecule has 0 aliphatic heterocycles. The molecule has 26 heavy (non-hydrogen) atoms. The minimum Gasteiger partial charge on any atom is -0.383 e. The SMILES string of the molecule is COCCN(CCCc1ccccc1)C(=O)c1ccc([N+](=O)[O-])cc1C. The van der Waals surface area contributed by atoms with Crippen molar-refractivity contribution in [1.29, 1.82) is 0 Å². The van der Waals surface area contributed by atoms with Crippen molar-refractivity contribution in [2.75, 3.05) is 26.8 Å². The molecule has 0 bridgehead atoms. The Balaban J connectivity index is 2.07. The third kappa shape index (κ3) is 5.39. The number of non-ortho nitro benzene ring substituents is 1. The number of aryl methyl sites for hydroxylation is 2. The number of amides is 1. The maximum absolute atomic E-state index is 12.9. The van der Waals surface area contributed by atoms with E-state index in [9.17, 15) is 14.9 Å². The van der Waals surface area contributed by atoms with Crippen molar-refractivity contribution in [2.24, 2.45) is 0 Å². The fourth-order valence-corrected chi connectivity index (χ4v) is 2.81. The molecule has 0 saturated heterocycles. The van der Waals surface area contributed by atoms with Gasteiger partial charge < -0.3 is 9.64 Å². The molecule has 2 aromatic rings. The molecule has 2 aromatic carbocycles. The highest BCUT2D eigenvalue weighted by atomic mass is 16.6. The van der Waals surface area contributed by atoms with Gasteiger partial charge in [-0.2, -0.15) is 0 Å². The lowest BCUT2D eigenvalue weighted by Crippen LogP contribution is -2.35. The van der Waals surface area contributed by atoms with E-state index in [4.69, 9.17) is 4.74 Å². The molecular weight excluding hydrogens is 332 g/mol. The van der Waals surface area contributed by atoms with Crippen molar-refractivity contribution in [1.82, 2.24) is 4.90 Å². The van der Waals surface area contributed by atoms with E-state index < -0.39 is 4.92 Å². The summed E-state index contributed by atoms with van der Waals surface area (Å²) >= 11 is 0. The van der Waals surface area contributed by atoms with Crippen LogP contribution in [0.25, 0.3) is 0 Å². The topological polar surface area (TPSA) is 72.7 Å². The molecule has 6 nitrogen and oxygen atoms in total. The predicted octanol–water partition coefficient (Wildman–Crippen LogP) is 3.62. The number of ether oxygens (including phenoxy) is 1. The van der Waals surface area contributed by atoms with Crippen LogP contribution >= 0.6 is 0 Å². The van der Waals surface area contributed by atoms with Gasteiger partial charge in [-0.05, 0) is 37.0 Å². The zero-order chi connectivity index (χ0) is 18.9. The van der Waals surface area contributed by atoms with Crippen LogP contribution in [0.1, 0.15) is 27.9 Å². The minimum atomic E-state index is -0.455. The number of hydrogen-bond acceptors (Lipinski definition) is 4. The van der Waals surface area contributed by atoms with Crippen molar-refractivity contribution in [3.05, 3.63) is 75.3 Å². The first-order chi connectivity index (χ1) is 12.5. The molecule has 0 unspecified atom stereocenters. The maximum Gasteiger partial charge on any atom is 0.269 e. The Labute approximate surface area is 153 Å². The smallest absolute Gasteiger partial charge is 0.269 e. The summed E-state index contributed by atoms with van der Waals surface area (Å²) in [6, 6.07) is 14.5. The molecule has 0 spiro atoms. The van der Waals surface area contributed by atoms with Gasteiger partial charge in [0.2, 0.25) is 0 Å². The highest BCUT2D eigenvalue weighted by Gasteiger charge is 2.19. The number of benzene rings is 2. The van der Waals surface area contributed by atoms with Gasteiger partial charge in [0.1, 0.15) is 0 Å². The standard InChI is InChI=1S/C20H24N2O4/c1-16-15-18(22(24)25)10-11-19(16)20(23)21(13-14-26-2)12-6-9-17-7-4-3-5-8-17/h3-5,7-8,10-11,15H,6,9,12-14H2,1-2H3. The van der Waals surface area contributed by atoms with Crippen molar-refractivity contribution in [3.8, 4) is 0 Å². The van der Waals surface area contributed by atoms with Crippen LogP contribution < -0.4 is 0 Å². The lowest BCUT2D eigenvalue weighted by molar-refractivity contribution is -0.384. The molecule has 0 aliphatic carbocycles. The van der Waals surface area contributed by atoms with Crippen LogP contribution in [-0.4, -0.2) is 42.5 Å². The molecule has 0 radical (unpaired) electrons. The van der Waals surface area contributed by atoms with Crippen LogP contribution in [0.4, 0.5) is 5.69 Å². The van der Waals surface area contributed by atoms with Crippen LogP contribution in [0.5, 0.6) is 0 Å². The lowest BCUT2D eigenvalue weighted by atomic mass is 10.1.